The third-order valence-electron chi connectivity index (χ3n) is 4.92. The number of halogens is 2. The van der Waals surface area contributed by atoms with Crippen LogP contribution in [0.15, 0.2) is 82.8 Å². The molecule has 0 aromatic heterocycles. The van der Waals surface area contributed by atoms with Crippen molar-refractivity contribution in [3.63, 3.8) is 0 Å². The molecule has 0 atom stereocenters. The normalized spacial score (nSPS) is 11.4. The maximum Gasteiger partial charge on any atom is 0.264 e. The van der Waals surface area contributed by atoms with Crippen molar-refractivity contribution in [2.75, 3.05) is 17.5 Å². The van der Waals surface area contributed by atoms with Crippen LogP contribution in [-0.2, 0) is 19.6 Å². The summed E-state index contributed by atoms with van der Waals surface area (Å²) in [6, 6.07) is 18.9. The van der Waals surface area contributed by atoms with Gasteiger partial charge in [-0.1, -0.05) is 47.5 Å². The smallest absolute Gasteiger partial charge is 0.264 e. The number of carbonyl (C=O) groups is 2. The van der Waals surface area contributed by atoms with Gasteiger partial charge in [0.15, 0.2) is 6.61 Å². The first-order valence-electron chi connectivity index (χ1n) is 11.4. The Morgan fingerprint density at radius 2 is 1.66 bits per heavy atom. The molecule has 0 bridgehead atoms. The topological polar surface area (TPSA) is 117 Å². The van der Waals surface area contributed by atoms with E-state index in [9.17, 15) is 18.0 Å². The third kappa shape index (κ3) is 7.95. The summed E-state index contributed by atoms with van der Waals surface area (Å²) in [6.07, 6.45) is 1.38. The highest BCUT2D eigenvalue weighted by Crippen LogP contribution is 2.35. The fourth-order valence-electron chi connectivity index (χ4n) is 3.21. The summed E-state index contributed by atoms with van der Waals surface area (Å²) >= 11 is 12.4. The van der Waals surface area contributed by atoms with Gasteiger partial charge >= 0.3 is 0 Å². The van der Waals surface area contributed by atoms with Crippen LogP contribution >= 0.6 is 23.2 Å². The molecule has 2 amide bonds. The lowest BCUT2D eigenvalue weighted by molar-refractivity contribution is -0.123. The van der Waals surface area contributed by atoms with Crippen molar-refractivity contribution in [1.82, 2.24) is 10.7 Å². The van der Waals surface area contributed by atoms with E-state index in [0.717, 1.165) is 4.31 Å². The van der Waals surface area contributed by atoms with E-state index in [1.807, 2.05) is 13.8 Å². The SMILES string of the molecule is CC(C)NC(=O)COc1ccc(/C=N\NC(=O)CN(c2cccc(Cl)c2Cl)S(=O)(=O)c2ccccc2)cc1. The summed E-state index contributed by atoms with van der Waals surface area (Å²) < 4.78 is 33.1. The first kappa shape index (κ1) is 29.0. The number of nitrogens with one attached hydrogen (secondary N) is 2. The summed E-state index contributed by atoms with van der Waals surface area (Å²) in [4.78, 5) is 24.4. The molecule has 0 aliphatic heterocycles. The third-order valence-corrected chi connectivity index (χ3v) is 7.50. The fourth-order valence-corrected chi connectivity index (χ4v) is 5.11. The molecule has 3 rings (SSSR count). The Hall–Kier alpha value is -3.60. The number of carbonyl (C=O) groups excluding carboxylic acids is 2. The molecule has 0 aliphatic carbocycles. The van der Waals surface area contributed by atoms with Crippen LogP contribution in [0.25, 0.3) is 0 Å². The number of benzene rings is 3. The van der Waals surface area contributed by atoms with Gasteiger partial charge in [0.05, 0.1) is 26.8 Å². The van der Waals surface area contributed by atoms with Crippen molar-refractivity contribution in [3.05, 3.63) is 88.4 Å². The molecule has 38 heavy (non-hydrogen) atoms. The Morgan fingerprint density at radius 1 is 0.974 bits per heavy atom. The molecule has 0 radical (unpaired) electrons. The largest absolute Gasteiger partial charge is 0.484 e. The van der Waals surface area contributed by atoms with Gasteiger partial charge in [-0.3, -0.25) is 13.9 Å². The van der Waals surface area contributed by atoms with E-state index < -0.39 is 22.5 Å². The molecule has 0 spiro atoms. The number of ether oxygens (including phenoxy) is 1. The first-order chi connectivity index (χ1) is 18.1. The molecule has 3 aromatic rings. The highest BCUT2D eigenvalue weighted by atomic mass is 35.5. The predicted octanol–water partition coefficient (Wildman–Crippen LogP) is 4.24. The lowest BCUT2D eigenvalue weighted by Crippen LogP contribution is -2.39. The van der Waals surface area contributed by atoms with Crippen molar-refractivity contribution in [1.29, 1.82) is 0 Å². The van der Waals surface area contributed by atoms with E-state index in [-0.39, 0.29) is 39.2 Å². The number of anilines is 1. The molecule has 0 unspecified atom stereocenters. The minimum atomic E-state index is -4.15. The van der Waals surface area contributed by atoms with Crippen molar-refractivity contribution >= 4 is 56.9 Å². The van der Waals surface area contributed by atoms with Gasteiger partial charge in [0.2, 0.25) is 0 Å². The van der Waals surface area contributed by atoms with Crippen molar-refractivity contribution < 1.29 is 22.7 Å². The van der Waals surface area contributed by atoms with Crippen molar-refractivity contribution in [2.24, 2.45) is 5.10 Å². The van der Waals surface area contributed by atoms with Gasteiger partial charge in [0.25, 0.3) is 21.8 Å². The van der Waals surface area contributed by atoms with E-state index in [2.05, 4.69) is 15.8 Å². The van der Waals surface area contributed by atoms with Crippen LogP contribution in [0.5, 0.6) is 5.75 Å². The quantitative estimate of drug-likeness (QED) is 0.261. The van der Waals surface area contributed by atoms with E-state index in [1.165, 1.54) is 36.5 Å². The number of nitrogens with zero attached hydrogens (tertiary/aromatic N) is 2. The maximum atomic E-state index is 13.4. The van der Waals surface area contributed by atoms with Crippen LogP contribution in [0.4, 0.5) is 5.69 Å². The number of rotatable bonds is 11. The minimum absolute atomic E-state index is 0.00558. The molecule has 3 aromatic carbocycles. The van der Waals surface area contributed by atoms with Gasteiger partial charge < -0.3 is 10.1 Å². The first-order valence-corrected chi connectivity index (χ1v) is 13.6. The molecule has 9 nitrogen and oxygen atoms in total. The summed E-state index contributed by atoms with van der Waals surface area (Å²) in [7, 11) is -4.15. The summed E-state index contributed by atoms with van der Waals surface area (Å²) in [5.74, 6) is -0.436. The molecule has 0 aliphatic rings. The molecule has 0 heterocycles. The van der Waals surface area contributed by atoms with E-state index in [1.54, 1.807) is 42.5 Å². The molecule has 0 saturated heterocycles. The lowest BCUT2D eigenvalue weighted by Gasteiger charge is -2.24. The van der Waals surface area contributed by atoms with Gasteiger partial charge in [0, 0.05) is 6.04 Å². The van der Waals surface area contributed by atoms with Crippen LogP contribution in [0, 0.1) is 0 Å². The Balaban J connectivity index is 1.68. The molecule has 2 N–H and O–H groups in total. The number of hydrogen-bond acceptors (Lipinski definition) is 6. The second kappa shape index (κ2) is 13.3. The number of hydrogen-bond donors (Lipinski definition) is 2. The van der Waals surface area contributed by atoms with Crippen LogP contribution in [0.3, 0.4) is 0 Å². The highest BCUT2D eigenvalue weighted by molar-refractivity contribution is 7.92. The molecule has 200 valence electrons. The zero-order chi connectivity index (χ0) is 27.7. The molecular formula is C26H26Cl2N4O5S. The summed E-state index contributed by atoms with van der Waals surface area (Å²) in [6.45, 7) is 3.01. The summed E-state index contributed by atoms with van der Waals surface area (Å²) in [5, 5.41) is 6.78. The molecule has 12 heteroatoms. The Kier molecular flexibility index (Phi) is 10.1. The van der Waals surface area contributed by atoms with Gasteiger partial charge in [0.1, 0.15) is 12.3 Å². The Labute approximate surface area is 231 Å². The zero-order valence-corrected chi connectivity index (χ0v) is 22.9. The summed E-state index contributed by atoms with van der Waals surface area (Å²) in [5.41, 5.74) is 3.02. The van der Waals surface area contributed by atoms with E-state index in [4.69, 9.17) is 27.9 Å². The fraction of sp³-hybridized carbons (Fsp3) is 0.192. The Bertz CT molecular complexity index is 1400. The number of hydrazone groups is 1. The second-order valence-electron chi connectivity index (χ2n) is 8.27. The van der Waals surface area contributed by atoms with Crippen molar-refractivity contribution in [2.45, 2.75) is 24.8 Å². The Morgan fingerprint density at radius 3 is 2.32 bits per heavy atom. The average Bonchev–Trinajstić information content (AvgIpc) is 2.89. The lowest BCUT2D eigenvalue weighted by atomic mass is 10.2. The predicted molar refractivity (Wildman–Crippen MR) is 148 cm³/mol. The van der Waals surface area contributed by atoms with Crippen LogP contribution < -0.4 is 19.8 Å². The van der Waals surface area contributed by atoms with Gasteiger partial charge in [-0.25, -0.2) is 13.8 Å². The molecule has 0 fully saturated rings. The van der Waals surface area contributed by atoms with Crippen LogP contribution in [0.2, 0.25) is 10.0 Å². The minimum Gasteiger partial charge on any atom is -0.484 e. The van der Waals surface area contributed by atoms with Gasteiger partial charge in [-0.05, 0) is 67.9 Å². The number of amides is 2. The maximum absolute atomic E-state index is 13.4. The second-order valence-corrected chi connectivity index (χ2v) is 10.9. The average molecular weight is 577 g/mol. The van der Waals surface area contributed by atoms with Crippen molar-refractivity contribution in [3.8, 4) is 5.75 Å². The molecular weight excluding hydrogens is 551 g/mol. The van der Waals surface area contributed by atoms with Gasteiger partial charge in [-0.15, -0.1) is 0 Å². The number of sulfonamides is 1. The standard InChI is InChI=1S/C26H26Cl2N4O5S/c1-18(2)30-25(34)17-37-20-13-11-19(12-14-20)15-29-31-24(33)16-32(23-10-6-9-22(27)26(23)28)38(35,36)21-7-4-3-5-8-21/h3-15,18H,16-17H2,1-2H3,(H,30,34)(H,31,33)/b29-15-. The zero-order valence-electron chi connectivity index (χ0n) is 20.6. The van der Waals surface area contributed by atoms with E-state index in [0.29, 0.717) is 11.3 Å². The van der Waals surface area contributed by atoms with E-state index >= 15 is 0 Å². The van der Waals surface area contributed by atoms with Gasteiger partial charge in [-0.2, -0.15) is 5.10 Å². The highest BCUT2D eigenvalue weighted by Gasteiger charge is 2.29. The molecule has 0 saturated carbocycles. The van der Waals surface area contributed by atoms with Crippen LogP contribution in [-0.4, -0.2) is 45.6 Å². The monoisotopic (exact) mass is 576 g/mol. The van der Waals surface area contributed by atoms with Crippen LogP contribution in [0.1, 0.15) is 19.4 Å².